The van der Waals surface area contributed by atoms with Gasteiger partial charge in [0.05, 0.1) is 7.11 Å². The SMILES string of the molecule is COc1cccc(F)c1C(=O)N1CCN(c2nc(Nc3cc(C)[nH]n3)c3cccn3n2)CC1. The molecule has 0 radical (unpaired) electrons. The number of carbonyl (C=O) groups is 1. The molecule has 0 atom stereocenters. The number of halogens is 1. The van der Waals surface area contributed by atoms with E-state index in [0.29, 0.717) is 43.8 Å². The van der Waals surface area contributed by atoms with E-state index < -0.39 is 5.82 Å². The van der Waals surface area contributed by atoms with E-state index in [1.807, 2.05) is 36.2 Å². The largest absolute Gasteiger partial charge is 0.496 e. The summed E-state index contributed by atoms with van der Waals surface area (Å²) in [5, 5.41) is 15.0. The molecule has 33 heavy (non-hydrogen) atoms. The van der Waals surface area contributed by atoms with Crippen LogP contribution in [0.3, 0.4) is 0 Å². The molecule has 11 heteroatoms. The molecule has 0 unspecified atom stereocenters. The zero-order valence-corrected chi connectivity index (χ0v) is 18.2. The molecule has 1 saturated heterocycles. The minimum atomic E-state index is -0.590. The predicted molar refractivity (Wildman–Crippen MR) is 121 cm³/mol. The highest BCUT2D eigenvalue weighted by Gasteiger charge is 2.28. The summed E-state index contributed by atoms with van der Waals surface area (Å²) in [5.41, 5.74) is 1.71. The van der Waals surface area contributed by atoms with Gasteiger partial charge in [0, 0.05) is 44.1 Å². The lowest BCUT2D eigenvalue weighted by Gasteiger charge is -2.35. The molecule has 2 N–H and O–H groups in total. The number of H-pyrrole nitrogens is 1. The van der Waals surface area contributed by atoms with E-state index in [2.05, 4.69) is 20.6 Å². The predicted octanol–water partition coefficient (Wildman–Crippen LogP) is 2.61. The maximum absolute atomic E-state index is 14.4. The van der Waals surface area contributed by atoms with Crippen LogP contribution in [0, 0.1) is 12.7 Å². The first kappa shape index (κ1) is 20.7. The van der Waals surface area contributed by atoms with Crippen molar-refractivity contribution in [2.45, 2.75) is 6.92 Å². The highest BCUT2D eigenvalue weighted by atomic mass is 19.1. The second-order valence-electron chi connectivity index (χ2n) is 7.76. The van der Waals surface area contributed by atoms with Crippen molar-refractivity contribution in [3.8, 4) is 5.75 Å². The number of hydrogen-bond donors (Lipinski definition) is 2. The van der Waals surface area contributed by atoms with Crippen molar-refractivity contribution in [3.05, 3.63) is 59.7 Å². The monoisotopic (exact) mass is 450 g/mol. The van der Waals surface area contributed by atoms with Gasteiger partial charge < -0.3 is 19.9 Å². The third kappa shape index (κ3) is 3.93. The number of ether oxygens (including phenoxy) is 1. The third-order valence-corrected chi connectivity index (χ3v) is 5.59. The van der Waals surface area contributed by atoms with Crippen LogP contribution in [0.5, 0.6) is 5.75 Å². The lowest BCUT2D eigenvalue weighted by atomic mass is 10.1. The summed E-state index contributed by atoms with van der Waals surface area (Å²) in [6.07, 6.45) is 1.85. The molecular formula is C22H23FN8O2. The fraction of sp³-hybridized carbons (Fsp3) is 0.273. The molecule has 0 aliphatic carbocycles. The minimum absolute atomic E-state index is 0.0424. The van der Waals surface area contributed by atoms with Crippen LogP contribution in [-0.2, 0) is 0 Å². The Bertz CT molecular complexity index is 1310. The molecular weight excluding hydrogens is 427 g/mol. The number of aromatic amines is 1. The summed E-state index contributed by atoms with van der Waals surface area (Å²) < 4.78 is 21.3. The van der Waals surface area contributed by atoms with E-state index in [-0.39, 0.29) is 17.2 Å². The first-order valence-corrected chi connectivity index (χ1v) is 10.5. The first-order valence-electron chi connectivity index (χ1n) is 10.5. The number of fused-ring (bicyclic) bond motifs is 1. The lowest BCUT2D eigenvalue weighted by molar-refractivity contribution is 0.0737. The number of hydrogen-bond acceptors (Lipinski definition) is 7. The zero-order chi connectivity index (χ0) is 22.9. The van der Waals surface area contributed by atoms with Gasteiger partial charge in [-0.15, -0.1) is 5.10 Å². The van der Waals surface area contributed by atoms with E-state index in [1.54, 1.807) is 15.5 Å². The molecule has 1 aliphatic heterocycles. The average Bonchev–Trinajstić information content (AvgIpc) is 3.47. The van der Waals surface area contributed by atoms with Gasteiger partial charge in [-0.2, -0.15) is 10.1 Å². The van der Waals surface area contributed by atoms with Crippen LogP contribution in [0.4, 0.5) is 22.0 Å². The van der Waals surface area contributed by atoms with Gasteiger partial charge in [0.2, 0.25) is 5.95 Å². The van der Waals surface area contributed by atoms with Gasteiger partial charge in [0.1, 0.15) is 22.6 Å². The Balaban J connectivity index is 1.35. The highest BCUT2D eigenvalue weighted by Crippen LogP contribution is 2.25. The van der Waals surface area contributed by atoms with Crippen molar-refractivity contribution >= 4 is 29.0 Å². The van der Waals surface area contributed by atoms with Gasteiger partial charge in [-0.25, -0.2) is 8.91 Å². The molecule has 170 valence electrons. The molecule has 10 nitrogen and oxygen atoms in total. The van der Waals surface area contributed by atoms with Crippen molar-refractivity contribution in [2.75, 3.05) is 43.5 Å². The van der Waals surface area contributed by atoms with Crippen LogP contribution in [-0.4, -0.2) is 68.9 Å². The first-order chi connectivity index (χ1) is 16.0. The number of anilines is 3. The number of carbonyl (C=O) groups excluding carboxylic acids is 1. The quantitative estimate of drug-likeness (QED) is 0.482. The number of methoxy groups -OCH3 is 1. The Kier molecular flexibility index (Phi) is 5.29. The third-order valence-electron chi connectivity index (χ3n) is 5.59. The summed E-state index contributed by atoms with van der Waals surface area (Å²) in [4.78, 5) is 21.3. The van der Waals surface area contributed by atoms with Gasteiger partial charge in [-0.1, -0.05) is 6.07 Å². The lowest BCUT2D eigenvalue weighted by Crippen LogP contribution is -2.49. The summed E-state index contributed by atoms with van der Waals surface area (Å²) in [5.74, 6) is 1.08. The van der Waals surface area contributed by atoms with Crippen LogP contribution >= 0.6 is 0 Å². The highest BCUT2D eigenvalue weighted by molar-refractivity contribution is 5.97. The van der Waals surface area contributed by atoms with E-state index in [1.165, 1.54) is 19.2 Å². The van der Waals surface area contributed by atoms with E-state index in [4.69, 9.17) is 9.72 Å². The topological polar surface area (TPSA) is 104 Å². The number of nitrogens with one attached hydrogen (secondary N) is 2. The fourth-order valence-electron chi connectivity index (χ4n) is 3.90. The maximum Gasteiger partial charge on any atom is 0.260 e. The molecule has 3 aromatic heterocycles. The Labute approximate surface area is 189 Å². The second kappa shape index (κ2) is 8.41. The summed E-state index contributed by atoms with van der Waals surface area (Å²) in [6.45, 7) is 3.76. The number of aryl methyl sites for hydroxylation is 1. The molecule has 1 fully saturated rings. The molecule has 4 aromatic rings. The Morgan fingerprint density at radius 2 is 2.00 bits per heavy atom. The summed E-state index contributed by atoms with van der Waals surface area (Å²) in [6, 6.07) is 10.1. The molecule has 1 aliphatic rings. The average molecular weight is 450 g/mol. The van der Waals surface area contributed by atoms with Gasteiger partial charge in [0.25, 0.3) is 5.91 Å². The smallest absolute Gasteiger partial charge is 0.260 e. The van der Waals surface area contributed by atoms with Crippen molar-refractivity contribution < 1.29 is 13.9 Å². The molecule has 0 spiro atoms. The molecule has 0 bridgehead atoms. The molecule has 1 aromatic carbocycles. The Morgan fingerprint density at radius 3 is 2.73 bits per heavy atom. The van der Waals surface area contributed by atoms with Crippen LogP contribution in [0.2, 0.25) is 0 Å². The zero-order valence-electron chi connectivity index (χ0n) is 18.2. The van der Waals surface area contributed by atoms with Crippen LogP contribution in [0.15, 0.2) is 42.6 Å². The maximum atomic E-state index is 14.4. The Morgan fingerprint density at radius 1 is 1.18 bits per heavy atom. The van der Waals surface area contributed by atoms with E-state index in [0.717, 1.165) is 11.2 Å². The van der Waals surface area contributed by atoms with Crippen LogP contribution < -0.4 is 15.0 Å². The fourth-order valence-corrected chi connectivity index (χ4v) is 3.90. The molecule has 5 rings (SSSR count). The number of aromatic nitrogens is 5. The number of benzene rings is 1. The number of nitrogens with zero attached hydrogens (tertiary/aromatic N) is 6. The van der Waals surface area contributed by atoms with E-state index in [9.17, 15) is 9.18 Å². The number of amides is 1. The van der Waals surface area contributed by atoms with Crippen molar-refractivity contribution in [2.24, 2.45) is 0 Å². The summed E-state index contributed by atoms with van der Waals surface area (Å²) in [7, 11) is 1.42. The molecule has 1 amide bonds. The van der Waals surface area contributed by atoms with Gasteiger partial charge in [-0.05, 0) is 31.2 Å². The number of rotatable bonds is 5. The van der Waals surface area contributed by atoms with Gasteiger partial charge in [-0.3, -0.25) is 9.89 Å². The number of piperazine rings is 1. The molecule has 4 heterocycles. The van der Waals surface area contributed by atoms with Crippen LogP contribution in [0.25, 0.3) is 5.52 Å². The van der Waals surface area contributed by atoms with Crippen molar-refractivity contribution in [1.82, 2.24) is 29.7 Å². The Hall–Kier alpha value is -4.15. The van der Waals surface area contributed by atoms with Gasteiger partial charge >= 0.3 is 0 Å². The standard InChI is InChI=1S/C22H23FN8O2/c1-14-13-18(27-26-14)24-20-16-6-4-8-31(16)28-22(25-20)30-11-9-29(10-12-30)21(32)19-15(23)5-3-7-17(19)33-2/h3-8,13H,9-12H2,1-2H3,(H2,24,25,26,27,28). The van der Waals surface area contributed by atoms with E-state index >= 15 is 0 Å². The van der Waals surface area contributed by atoms with Crippen molar-refractivity contribution in [3.63, 3.8) is 0 Å². The van der Waals surface area contributed by atoms with Gasteiger partial charge in [0.15, 0.2) is 11.6 Å². The molecule has 0 saturated carbocycles. The summed E-state index contributed by atoms with van der Waals surface area (Å²) >= 11 is 0. The second-order valence-corrected chi connectivity index (χ2v) is 7.76. The minimum Gasteiger partial charge on any atom is -0.496 e. The van der Waals surface area contributed by atoms with Crippen LogP contribution in [0.1, 0.15) is 16.1 Å². The van der Waals surface area contributed by atoms with Crippen molar-refractivity contribution in [1.29, 1.82) is 0 Å². The normalized spacial score (nSPS) is 14.0.